The molecule has 0 aliphatic rings. The van der Waals surface area contributed by atoms with Crippen LogP contribution in [0.5, 0.6) is 5.75 Å². The van der Waals surface area contributed by atoms with Crippen molar-refractivity contribution in [2.75, 3.05) is 12.4 Å². The minimum atomic E-state index is -4.72. The number of halogens is 5. The quantitative estimate of drug-likeness (QED) is 0.261. The Morgan fingerprint density at radius 1 is 1.10 bits per heavy atom. The highest BCUT2D eigenvalue weighted by Crippen LogP contribution is 2.36. The van der Waals surface area contributed by atoms with Gasteiger partial charge in [0.15, 0.2) is 5.69 Å². The Hall–Kier alpha value is -4.36. The molecule has 214 valence electrons. The molecule has 2 aromatic heterocycles. The van der Waals surface area contributed by atoms with E-state index >= 15 is 0 Å². The first kappa shape index (κ1) is 29.6. The summed E-state index contributed by atoms with van der Waals surface area (Å²) in [7, 11) is 1.32. The van der Waals surface area contributed by atoms with Crippen LogP contribution in [0, 0.1) is 0 Å². The molecule has 2 aromatic carbocycles. The average Bonchev–Trinajstić information content (AvgIpc) is 3.40. The lowest BCUT2D eigenvalue weighted by Crippen LogP contribution is -2.32. The van der Waals surface area contributed by atoms with Gasteiger partial charge in [-0.05, 0) is 42.8 Å². The Morgan fingerprint density at radius 2 is 1.83 bits per heavy atom. The molecule has 0 spiro atoms. The molecule has 1 amide bonds. The number of amides is 1. The highest BCUT2D eigenvalue weighted by Gasteiger charge is 2.35. The zero-order chi connectivity index (χ0) is 30.1. The second kappa shape index (κ2) is 11.6. The third kappa shape index (κ3) is 6.20. The standard InChI is InChI=1S/C26H20Cl2F3N5O5/c1-3-19(24(38)32-14-5-6-15(25(39)40)18(28)9-14)35-11-21(41-2)17(10-23(35)37)16-8-13(27)4-7-20(16)36-12-22(33-34-36)26(29,30)31/h4-12,19H,3H2,1-2H3,(H,32,38)(H,39,40)/t19-/m0/s1. The number of aromatic carboxylic acids is 1. The van der Waals surface area contributed by atoms with Crippen molar-refractivity contribution in [3.63, 3.8) is 0 Å². The molecule has 0 saturated heterocycles. The lowest BCUT2D eigenvalue weighted by Gasteiger charge is -2.21. The molecule has 0 fully saturated rings. The van der Waals surface area contributed by atoms with Gasteiger partial charge in [0.1, 0.15) is 11.8 Å². The summed E-state index contributed by atoms with van der Waals surface area (Å²) in [5, 5.41) is 18.7. The van der Waals surface area contributed by atoms with Gasteiger partial charge in [0.2, 0.25) is 5.91 Å². The van der Waals surface area contributed by atoms with E-state index in [1.54, 1.807) is 6.92 Å². The van der Waals surface area contributed by atoms with E-state index in [1.807, 2.05) is 0 Å². The van der Waals surface area contributed by atoms with E-state index in [9.17, 15) is 27.6 Å². The number of nitrogens with one attached hydrogen (secondary N) is 1. The molecular weight excluding hydrogens is 590 g/mol. The zero-order valence-corrected chi connectivity index (χ0v) is 22.8. The molecular formula is C26H20Cl2F3N5O5. The fourth-order valence-corrected chi connectivity index (χ4v) is 4.51. The van der Waals surface area contributed by atoms with Crippen LogP contribution in [0.2, 0.25) is 10.0 Å². The number of carboxylic acids is 1. The maximum absolute atomic E-state index is 13.3. The average molecular weight is 610 g/mol. The first-order valence-electron chi connectivity index (χ1n) is 11.8. The molecule has 10 nitrogen and oxygen atoms in total. The van der Waals surface area contributed by atoms with Crippen LogP contribution in [-0.2, 0) is 11.0 Å². The fourth-order valence-electron chi connectivity index (χ4n) is 4.08. The highest BCUT2D eigenvalue weighted by atomic mass is 35.5. The van der Waals surface area contributed by atoms with Crippen LogP contribution in [0.3, 0.4) is 0 Å². The highest BCUT2D eigenvalue weighted by molar-refractivity contribution is 6.33. The molecule has 2 N–H and O–H groups in total. The van der Waals surface area contributed by atoms with Crippen molar-refractivity contribution in [3.05, 3.63) is 86.5 Å². The van der Waals surface area contributed by atoms with Crippen molar-refractivity contribution < 1.29 is 32.6 Å². The van der Waals surface area contributed by atoms with Crippen molar-refractivity contribution >= 4 is 40.8 Å². The monoisotopic (exact) mass is 609 g/mol. The molecule has 41 heavy (non-hydrogen) atoms. The predicted molar refractivity (Wildman–Crippen MR) is 144 cm³/mol. The number of carbonyl (C=O) groups excluding carboxylic acids is 1. The Labute approximate surface area is 239 Å². The van der Waals surface area contributed by atoms with Gasteiger partial charge in [-0.1, -0.05) is 35.3 Å². The van der Waals surface area contributed by atoms with Gasteiger partial charge in [-0.25, -0.2) is 9.48 Å². The SMILES string of the molecule is CC[C@@H](C(=O)Nc1ccc(C(=O)O)c(Cl)c1)n1cc(OC)c(-c2cc(Cl)ccc2-n2cc(C(F)(F)F)nn2)cc1=O. The van der Waals surface area contributed by atoms with Crippen molar-refractivity contribution in [2.45, 2.75) is 25.6 Å². The van der Waals surface area contributed by atoms with E-state index in [-0.39, 0.29) is 50.3 Å². The Bertz CT molecular complexity index is 1700. The van der Waals surface area contributed by atoms with E-state index in [1.165, 1.54) is 55.8 Å². The fraction of sp³-hybridized carbons (Fsp3) is 0.192. The lowest BCUT2D eigenvalue weighted by atomic mass is 10.0. The predicted octanol–water partition coefficient (Wildman–Crippen LogP) is 5.72. The van der Waals surface area contributed by atoms with E-state index in [0.717, 1.165) is 9.25 Å². The Morgan fingerprint density at radius 3 is 2.41 bits per heavy atom. The molecule has 0 saturated carbocycles. The number of hydrogen-bond donors (Lipinski definition) is 2. The van der Waals surface area contributed by atoms with Gasteiger partial charge in [0, 0.05) is 27.9 Å². The first-order valence-corrected chi connectivity index (χ1v) is 12.5. The molecule has 4 rings (SSSR count). The van der Waals surface area contributed by atoms with Gasteiger partial charge in [0.05, 0.1) is 35.8 Å². The van der Waals surface area contributed by atoms with Crippen LogP contribution in [0.15, 0.2) is 59.7 Å². The number of alkyl halides is 3. The summed E-state index contributed by atoms with van der Waals surface area (Å²) >= 11 is 12.2. The van der Waals surface area contributed by atoms with Crippen molar-refractivity contribution in [1.82, 2.24) is 19.6 Å². The number of carboxylic acid groups (broad SMARTS) is 1. The topological polar surface area (TPSA) is 128 Å². The summed E-state index contributed by atoms with van der Waals surface area (Å²) in [4.78, 5) is 37.7. The van der Waals surface area contributed by atoms with Crippen LogP contribution in [-0.4, -0.2) is 43.7 Å². The van der Waals surface area contributed by atoms with Gasteiger partial charge in [-0.3, -0.25) is 14.2 Å². The number of methoxy groups -OCH3 is 1. The molecule has 1 atom stereocenters. The second-order valence-electron chi connectivity index (χ2n) is 8.62. The van der Waals surface area contributed by atoms with Crippen molar-refractivity contribution in [2.24, 2.45) is 0 Å². The molecule has 0 aliphatic heterocycles. The van der Waals surface area contributed by atoms with Crippen LogP contribution >= 0.6 is 23.2 Å². The van der Waals surface area contributed by atoms with Crippen LogP contribution < -0.4 is 15.6 Å². The van der Waals surface area contributed by atoms with Crippen molar-refractivity contribution in [1.29, 1.82) is 0 Å². The summed E-state index contributed by atoms with van der Waals surface area (Å²) in [5.74, 6) is -1.70. The summed E-state index contributed by atoms with van der Waals surface area (Å²) in [6.45, 7) is 1.68. The summed E-state index contributed by atoms with van der Waals surface area (Å²) in [5.41, 5.74) is -1.22. The van der Waals surface area contributed by atoms with E-state index < -0.39 is 35.3 Å². The molecule has 0 aliphatic carbocycles. The van der Waals surface area contributed by atoms with Crippen LogP contribution in [0.25, 0.3) is 16.8 Å². The number of anilines is 1. The number of rotatable bonds is 8. The molecule has 0 unspecified atom stereocenters. The van der Waals surface area contributed by atoms with Crippen LogP contribution in [0.4, 0.5) is 18.9 Å². The van der Waals surface area contributed by atoms with Gasteiger partial charge in [-0.15, -0.1) is 5.10 Å². The van der Waals surface area contributed by atoms with Gasteiger partial charge in [0.25, 0.3) is 5.56 Å². The number of carbonyl (C=O) groups is 2. The van der Waals surface area contributed by atoms with Crippen molar-refractivity contribution in [3.8, 4) is 22.6 Å². The van der Waals surface area contributed by atoms with E-state index in [4.69, 9.17) is 33.0 Å². The first-order chi connectivity index (χ1) is 19.3. The molecule has 15 heteroatoms. The summed E-state index contributed by atoms with van der Waals surface area (Å²) < 4.78 is 47.0. The largest absolute Gasteiger partial charge is 0.495 e. The van der Waals surface area contributed by atoms with Gasteiger partial charge < -0.3 is 15.2 Å². The number of ether oxygens (including phenoxy) is 1. The summed E-state index contributed by atoms with van der Waals surface area (Å²) in [6.07, 6.45) is -2.54. The molecule has 0 bridgehead atoms. The molecule has 4 aromatic rings. The summed E-state index contributed by atoms with van der Waals surface area (Å²) in [6, 6.07) is 8.31. The molecule has 2 heterocycles. The molecule has 0 radical (unpaired) electrons. The smallest absolute Gasteiger partial charge is 0.436 e. The van der Waals surface area contributed by atoms with E-state index in [0.29, 0.717) is 6.20 Å². The minimum absolute atomic E-state index is 0.0846. The minimum Gasteiger partial charge on any atom is -0.495 e. The second-order valence-corrected chi connectivity index (χ2v) is 9.47. The van der Waals surface area contributed by atoms with Gasteiger partial charge in [-0.2, -0.15) is 13.2 Å². The van der Waals surface area contributed by atoms with E-state index in [2.05, 4.69) is 15.6 Å². The third-order valence-corrected chi connectivity index (χ3v) is 6.58. The maximum atomic E-state index is 13.3. The number of benzene rings is 2. The number of hydrogen-bond acceptors (Lipinski definition) is 6. The third-order valence-electron chi connectivity index (χ3n) is 6.04. The Balaban J connectivity index is 1.74. The zero-order valence-electron chi connectivity index (χ0n) is 21.2. The lowest BCUT2D eigenvalue weighted by molar-refractivity contribution is -0.141. The number of pyridine rings is 1. The Kier molecular flexibility index (Phi) is 8.40. The van der Waals surface area contributed by atoms with Gasteiger partial charge >= 0.3 is 12.1 Å². The normalized spacial score (nSPS) is 12.2. The number of nitrogens with zero attached hydrogens (tertiary/aromatic N) is 4. The number of aromatic nitrogens is 4. The maximum Gasteiger partial charge on any atom is 0.436 e. The van der Waals surface area contributed by atoms with Crippen LogP contribution in [0.1, 0.15) is 35.4 Å².